The maximum Gasteiger partial charge on any atom is 0.0576 e. The minimum atomic E-state index is 0.570. The van der Waals surface area contributed by atoms with Crippen molar-refractivity contribution < 1.29 is 4.74 Å². The Balaban J connectivity index is 1.62. The van der Waals surface area contributed by atoms with Crippen molar-refractivity contribution in [2.45, 2.75) is 70.9 Å². The van der Waals surface area contributed by atoms with Crippen LogP contribution < -0.4 is 5.32 Å². The molecule has 0 aromatic heterocycles. The highest BCUT2D eigenvalue weighted by Gasteiger charge is 2.24. The van der Waals surface area contributed by atoms with E-state index in [4.69, 9.17) is 4.74 Å². The first-order chi connectivity index (χ1) is 9.79. The largest absolute Gasteiger partial charge is 0.378 e. The first kappa shape index (κ1) is 16.3. The number of piperidine rings is 1. The van der Waals surface area contributed by atoms with Gasteiger partial charge >= 0.3 is 0 Å². The number of likely N-dealkylation sites (tertiary alicyclic amines) is 1. The lowest BCUT2D eigenvalue weighted by atomic mass is 9.91. The summed E-state index contributed by atoms with van der Waals surface area (Å²) in [6, 6.07) is 0.677. The number of hydrogen-bond acceptors (Lipinski definition) is 3. The zero-order chi connectivity index (χ0) is 14.2. The van der Waals surface area contributed by atoms with E-state index < -0.39 is 0 Å². The Bertz CT molecular complexity index is 253. The molecule has 3 nitrogen and oxygen atoms in total. The van der Waals surface area contributed by atoms with Gasteiger partial charge in [0.2, 0.25) is 0 Å². The summed E-state index contributed by atoms with van der Waals surface area (Å²) in [5.41, 5.74) is 0. The molecule has 0 radical (unpaired) electrons. The fraction of sp³-hybridized carbons (Fsp3) is 1.00. The SMILES string of the molecule is CCCNC(C)C1CCCN(CCCC2CCCO2)C1. The van der Waals surface area contributed by atoms with Gasteiger partial charge in [0, 0.05) is 19.2 Å². The van der Waals surface area contributed by atoms with Gasteiger partial charge in [-0.3, -0.25) is 0 Å². The van der Waals surface area contributed by atoms with Crippen molar-refractivity contribution in [3.63, 3.8) is 0 Å². The van der Waals surface area contributed by atoms with E-state index in [0.29, 0.717) is 12.1 Å². The molecule has 20 heavy (non-hydrogen) atoms. The standard InChI is InChI=1S/C17H34N2O/c1-3-10-18-15(2)16-7-4-11-19(14-16)12-5-8-17-9-6-13-20-17/h15-18H,3-14H2,1-2H3. The summed E-state index contributed by atoms with van der Waals surface area (Å²) in [5, 5.41) is 3.68. The highest BCUT2D eigenvalue weighted by atomic mass is 16.5. The van der Waals surface area contributed by atoms with Gasteiger partial charge in [0.15, 0.2) is 0 Å². The second-order valence-electron chi connectivity index (χ2n) is 6.72. The molecule has 0 spiro atoms. The molecule has 3 unspecified atom stereocenters. The predicted octanol–water partition coefficient (Wildman–Crippen LogP) is 3.05. The second-order valence-corrected chi connectivity index (χ2v) is 6.72. The summed E-state index contributed by atoms with van der Waals surface area (Å²) >= 11 is 0. The summed E-state index contributed by atoms with van der Waals surface area (Å²) in [5.74, 6) is 0.845. The van der Waals surface area contributed by atoms with Gasteiger partial charge in [-0.15, -0.1) is 0 Å². The molecule has 2 fully saturated rings. The van der Waals surface area contributed by atoms with Gasteiger partial charge in [0.1, 0.15) is 0 Å². The lowest BCUT2D eigenvalue weighted by Gasteiger charge is -2.36. The van der Waals surface area contributed by atoms with Crippen molar-refractivity contribution in [1.29, 1.82) is 0 Å². The van der Waals surface area contributed by atoms with Gasteiger partial charge in [-0.05, 0) is 77.4 Å². The normalized spacial score (nSPS) is 29.7. The molecule has 0 aliphatic carbocycles. The molecular weight excluding hydrogens is 248 g/mol. The highest BCUT2D eigenvalue weighted by Crippen LogP contribution is 2.21. The van der Waals surface area contributed by atoms with Crippen molar-refractivity contribution in [3.8, 4) is 0 Å². The Hall–Kier alpha value is -0.120. The van der Waals surface area contributed by atoms with Crippen LogP contribution in [0.2, 0.25) is 0 Å². The van der Waals surface area contributed by atoms with Gasteiger partial charge in [-0.25, -0.2) is 0 Å². The van der Waals surface area contributed by atoms with Crippen molar-refractivity contribution in [3.05, 3.63) is 0 Å². The molecule has 0 amide bonds. The minimum absolute atomic E-state index is 0.570. The number of nitrogens with zero attached hydrogens (tertiary/aromatic N) is 1. The Morgan fingerprint density at radius 1 is 1.30 bits per heavy atom. The topological polar surface area (TPSA) is 24.5 Å². The quantitative estimate of drug-likeness (QED) is 0.740. The maximum absolute atomic E-state index is 5.72. The summed E-state index contributed by atoms with van der Waals surface area (Å²) in [6.07, 6.45) is 9.74. The van der Waals surface area contributed by atoms with Crippen LogP contribution in [0.25, 0.3) is 0 Å². The molecule has 3 heteroatoms. The third kappa shape index (κ3) is 5.34. The van der Waals surface area contributed by atoms with Crippen molar-refractivity contribution in [2.24, 2.45) is 5.92 Å². The lowest BCUT2D eigenvalue weighted by Crippen LogP contribution is -2.44. The smallest absolute Gasteiger partial charge is 0.0576 e. The van der Waals surface area contributed by atoms with E-state index in [1.54, 1.807) is 0 Å². The van der Waals surface area contributed by atoms with Gasteiger partial charge in [0.25, 0.3) is 0 Å². The first-order valence-corrected chi connectivity index (χ1v) is 8.87. The van der Waals surface area contributed by atoms with Crippen LogP contribution in [-0.4, -0.2) is 49.8 Å². The summed E-state index contributed by atoms with van der Waals surface area (Å²) < 4.78 is 5.72. The van der Waals surface area contributed by atoms with Crippen molar-refractivity contribution in [1.82, 2.24) is 10.2 Å². The van der Waals surface area contributed by atoms with E-state index in [-0.39, 0.29) is 0 Å². The predicted molar refractivity (Wildman–Crippen MR) is 85.1 cm³/mol. The van der Waals surface area contributed by atoms with Gasteiger partial charge < -0.3 is 15.0 Å². The molecule has 0 aromatic rings. The Morgan fingerprint density at radius 3 is 2.95 bits per heavy atom. The summed E-state index contributed by atoms with van der Waals surface area (Å²) in [4.78, 5) is 2.69. The number of rotatable bonds is 8. The van der Waals surface area contributed by atoms with Gasteiger partial charge in [0.05, 0.1) is 6.10 Å². The van der Waals surface area contributed by atoms with Gasteiger partial charge in [-0.2, -0.15) is 0 Å². The molecule has 2 rings (SSSR count). The third-order valence-corrected chi connectivity index (χ3v) is 4.99. The molecule has 2 aliphatic rings. The molecule has 2 heterocycles. The Labute approximate surface area is 125 Å². The molecule has 2 aliphatic heterocycles. The number of nitrogens with one attached hydrogen (secondary N) is 1. The van der Waals surface area contributed by atoms with Crippen LogP contribution in [0.15, 0.2) is 0 Å². The fourth-order valence-electron chi connectivity index (χ4n) is 3.66. The number of ether oxygens (including phenoxy) is 1. The van der Waals surface area contributed by atoms with Crippen LogP contribution in [0.5, 0.6) is 0 Å². The molecule has 0 aromatic carbocycles. The van der Waals surface area contributed by atoms with Crippen LogP contribution in [0.3, 0.4) is 0 Å². The minimum Gasteiger partial charge on any atom is -0.378 e. The second kappa shape index (κ2) is 9.01. The molecule has 2 saturated heterocycles. The van der Waals surface area contributed by atoms with E-state index >= 15 is 0 Å². The van der Waals surface area contributed by atoms with E-state index in [9.17, 15) is 0 Å². The summed E-state index contributed by atoms with van der Waals surface area (Å²) in [6.45, 7) is 10.7. The third-order valence-electron chi connectivity index (χ3n) is 4.99. The monoisotopic (exact) mass is 282 g/mol. The van der Waals surface area contributed by atoms with Crippen LogP contribution in [0.1, 0.15) is 58.8 Å². The highest BCUT2D eigenvalue weighted by molar-refractivity contribution is 4.80. The fourth-order valence-corrected chi connectivity index (χ4v) is 3.66. The van der Waals surface area contributed by atoms with Crippen molar-refractivity contribution in [2.75, 3.05) is 32.8 Å². The van der Waals surface area contributed by atoms with E-state index in [0.717, 1.165) is 19.1 Å². The van der Waals surface area contributed by atoms with Crippen molar-refractivity contribution >= 4 is 0 Å². The Kier molecular flexibility index (Phi) is 7.32. The molecular formula is C17H34N2O. The maximum atomic E-state index is 5.72. The summed E-state index contributed by atoms with van der Waals surface area (Å²) in [7, 11) is 0. The Morgan fingerprint density at radius 2 is 2.20 bits per heavy atom. The lowest BCUT2D eigenvalue weighted by molar-refractivity contribution is 0.0934. The average molecular weight is 282 g/mol. The number of hydrogen-bond donors (Lipinski definition) is 1. The van der Waals surface area contributed by atoms with E-state index in [2.05, 4.69) is 24.1 Å². The van der Waals surface area contributed by atoms with Crippen LogP contribution >= 0.6 is 0 Å². The van der Waals surface area contributed by atoms with E-state index in [1.165, 1.54) is 64.6 Å². The van der Waals surface area contributed by atoms with Crippen LogP contribution in [-0.2, 0) is 4.74 Å². The zero-order valence-corrected chi connectivity index (χ0v) is 13.6. The first-order valence-electron chi connectivity index (χ1n) is 8.87. The molecule has 0 saturated carbocycles. The molecule has 3 atom stereocenters. The molecule has 118 valence electrons. The molecule has 0 bridgehead atoms. The van der Waals surface area contributed by atoms with Gasteiger partial charge in [-0.1, -0.05) is 6.92 Å². The van der Waals surface area contributed by atoms with E-state index in [1.807, 2.05) is 0 Å². The zero-order valence-electron chi connectivity index (χ0n) is 13.6. The van der Waals surface area contributed by atoms with Crippen LogP contribution in [0.4, 0.5) is 0 Å². The average Bonchev–Trinajstić information content (AvgIpc) is 2.98. The molecule has 1 N–H and O–H groups in total. The van der Waals surface area contributed by atoms with Crippen LogP contribution in [0, 0.1) is 5.92 Å².